The fraction of sp³-hybridized carbons (Fsp3) is 0.615. The van der Waals surface area contributed by atoms with Crippen molar-refractivity contribution < 1.29 is 4.74 Å². The molecule has 0 spiro atoms. The summed E-state index contributed by atoms with van der Waals surface area (Å²) in [6.45, 7) is 2.74. The maximum atomic E-state index is 5.58. The number of aromatic nitrogens is 1. The van der Waals surface area contributed by atoms with E-state index in [9.17, 15) is 0 Å². The molecule has 4 nitrogen and oxygen atoms in total. The summed E-state index contributed by atoms with van der Waals surface area (Å²) in [7, 11) is 1.67. The minimum Gasteiger partial charge on any atom is -0.481 e. The smallest absolute Gasteiger partial charge is 0.217 e. The number of hydrogen-bond acceptors (Lipinski definition) is 4. The first-order valence-electron chi connectivity index (χ1n) is 6.27. The largest absolute Gasteiger partial charge is 0.481 e. The van der Waals surface area contributed by atoms with E-state index in [4.69, 9.17) is 10.5 Å². The first-order valence-corrected chi connectivity index (χ1v) is 6.27. The van der Waals surface area contributed by atoms with Crippen molar-refractivity contribution in [3.63, 3.8) is 0 Å². The van der Waals surface area contributed by atoms with Gasteiger partial charge in [0.2, 0.25) is 5.88 Å². The molecule has 0 aliphatic heterocycles. The minimum atomic E-state index is 0.742. The van der Waals surface area contributed by atoms with Crippen LogP contribution < -0.4 is 10.5 Å². The summed E-state index contributed by atoms with van der Waals surface area (Å²) in [5.74, 6) is 0.742. The lowest BCUT2D eigenvalue weighted by molar-refractivity contribution is 0.248. The molecule has 4 heteroatoms. The van der Waals surface area contributed by atoms with Gasteiger partial charge in [0.25, 0.3) is 0 Å². The van der Waals surface area contributed by atoms with E-state index in [1.54, 1.807) is 13.3 Å². The Bertz CT molecular complexity index is 352. The van der Waals surface area contributed by atoms with Crippen molar-refractivity contribution in [3.05, 3.63) is 23.9 Å². The number of pyridine rings is 1. The molecule has 17 heavy (non-hydrogen) atoms. The molecule has 1 aliphatic rings. The van der Waals surface area contributed by atoms with Crippen LogP contribution in [0, 0.1) is 0 Å². The van der Waals surface area contributed by atoms with Crippen LogP contribution in [0.1, 0.15) is 24.8 Å². The Hall–Kier alpha value is -1.13. The molecule has 0 radical (unpaired) electrons. The Labute approximate surface area is 103 Å². The van der Waals surface area contributed by atoms with E-state index in [1.807, 2.05) is 6.07 Å². The molecule has 1 aliphatic carbocycles. The highest BCUT2D eigenvalue weighted by Crippen LogP contribution is 2.29. The van der Waals surface area contributed by atoms with Gasteiger partial charge in [0.05, 0.1) is 7.11 Å². The van der Waals surface area contributed by atoms with E-state index in [-0.39, 0.29) is 0 Å². The summed E-state index contributed by atoms with van der Waals surface area (Å²) in [4.78, 5) is 6.73. The van der Waals surface area contributed by atoms with Crippen molar-refractivity contribution in [2.24, 2.45) is 5.73 Å². The van der Waals surface area contributed by atoms with Crippen LogP contribution in [-0.4, -0.2) is 36.1 Å². The quantitative estimate of drug-likeness (QED) is 0.776. The second kappa shape index (κ2) is 5.98. The fourth-order valence-electron chi connectivity index (χ4n) is 2.07. The monoisotopic (exact) mass is 235 g/mol. The molecule has 2 rings (SSSR count). The van der Waals surface area contributed by atoms with Crippen LogP contribution >= 0.6 is 0 Å². The average molecular weight is 235 g/mol. The van der Waals surface area contributed by atoms with Gasteiger partial charge in [-0.3, -0.25) is 4.90 Å². The summed E-state index contributed by atoms with van der Waals surface area (Å²) in [5, 5.41) is 0. The van der Waals surface area contributed by atoms with E-state index in [1.165, 1.54) is 18.4 Å². The van der Waals surface area contributed by atoms with Gasteiger partial charge in [-0.05, 0) is 38.4 Å². The molecule has 1 aromatic rings. The van der Waals surface area contributed by atoms with Crippen LogP contribution in [0.2, 0.25) is 0 Å². The highest BCUT2D eigenvalue weighted by Gasteiger charge is 2.28. The third-order valence-electron chi connectivity index (χ3n) is 3.13. The highest BCUT2D eigenvalue weighted by atomic mass is 16.5. The number of nitrogens with zero attached hydrogens (tertiary/aromatic N) is 2. The normalized spacial score (nSPS) is 15.2. The Morgan fingerprint density at radius 1 is 1.53 bits per heavy atom. The third-order valence-corrected chi connectivity index (χ3v) is 3.13. The molecule has 1 aromatic heterocycles. The maximum absolute atomic E-state index is 5.58. The van der Waals surface area contributed by atoms with Crippen LogP contribution in [-0.2, 0) is 6.54 Å². The number of ether oxygens (including phenoxy) is 1. The van der Waals surface area contributed by atoms with Gasteiger partial charge in [0.15, 0.2) is 0 Å². The zero-order valence-corrected chi connectivity index (χ0v) is 10.4. The molecular formula is C13H21N3O. The minimum absolute atomic E-state index is 0.742. The number of hydrogen-bond donors (Lipinski definition) is 1. The van der Waals surface area contributed by atoms with Crippen LogP contribution in [0.5, 0.6) is 5.88 Å². The summed E-state index contributed by atoms with van der Waals surface area (Å²) in [5.41, 5.74) is 6.75. The van der Waals surface area contributed by atoms with Crippen LogP contribution in [0.25, 0.3) is 0 Å². The lowest BCUT2D eigenvalue weighted by Gasteiger charge is -2.22. The zero-order chi connectivity index (χ0) is 12.1. The Kier molecular flexibility index (Phi) is 4.34. The molecule has 0 atom stereocenters. The number of methoxy groups -OCH3 is 1. The second-order valence-corrected chi connectivity index (χ2v) is 4.52. The Morgan fingerprint density at radius 3 is 3.00 bits per heavy atom. The molecule has 0 amide bonds. The van der Waals surface area contributed by atoms with Gasteiger partial charge in [0.1, 0.15) is 0 Å². The van der Waals surface area contributed by atoms with Gasteiger partial charge in [-0.1, -0.05) is 6.07 Å². The van der Waals surface area contributed by atoms with Crippen LogP contribution in [0.3, 0.4) is 0 Å². The molecule has 0 saturated heterocycles. The predicted molar refractivity (Wildman–Crippen MR) is 67.9 cm³/mol. The average Bonchev–Trinajstić information content (AvgIpc) is 3.19. The first-order chi connectivity index (χ1) is 8.35. The molecule has 94 valence electrons. The Balaban J connectivity index is 2.00. The molecule has 1 fully saturated rings. The van der Waals surface area contributed by atoms with E-state index < -0.39 is 0 Å². The van der Waals surface area contributed by atoms with Crippen molar-refractivity contribution in [2.75, 3.05) is 20.2 Å². The molecule has 0 aromatic carbocycles. The van der Waals surface area contributed by atoms with Gasteiger partial charge in [-0.15, -0.1) is 0 Å². The molecule has 0 bridgehead atoms. The molecule has 1 heterocycles. The van der Waals surface area contributed by atoms with Crippen molar-refractivity contribution in [2.45, 2.75) is 31.8 Å². The summed E-state index contributed by atoms with van der Waals surface area (Å²) in [6, 6.07) is 4.79. The van der Waals surface area contributed by atoms with Crippen molar-refractivity contribution in [1.29, 1.82) is 0 Å². The van der Waals surface area contributed by atoms with Crippen molar-refractivity contribution in [3.8, 4) is 5.88 Å². The fourth-order valence-corrected chi connectivity index (χ4v) is 2.07. The SMILES string of the molecule is COc1ncccc1CN(CCCN)C1CC1. The topological polar surface area (TPSA) is 51.4 Å². The van der Waals surface area contributed by atoms with E-state index in [0.717, 1.165) is 38.0 Å². The Morgan fingerprint density at radius 2 is 2.35 bits per heavy atom. The maximum Gasteiger partial charge on any atom is 0.217 e. The predicted octanol–water partition coefficient (Wildman–Crippen LogP) is 1.40. The summed E-state index contributed by atoms with van der Waals surface area (Å²) >= 11 is 0. The second-order valence-electron chi connectivity index (χ2n) is 4.52. The first kappa shape index (κ1) is 12.3. The summed E-state index contributed by atoms with van der Waals surface area (Å²) < 4.78 is 5.29. The van der Waals surface area contributed by atoms with Crippen LogP contribution in [0.4, 0.5) is 0 Å². The van der Waals surface area contributed by atoms with E-state index in [2.05, 4.69) is 16.0 Å². The molecule has 1 saturated carbocycles. The van der Waals surface area contributed by atoms with E-state index >= 15 is 0 Å². The van der Waals surface area contributed by atoms with Crippen molar-refractivity contribution >= 4 is 0 Å². The number of rotatable bonds is 7. The van der Waals surface area contributed by atoms with Gasteiger partial charge in [-0.2, -0.15) is 0 Å². The highest BCUT2D eigenvalue weighted by molar-refractivity contribution is 5.25. The van der Waals surface area contributed by atoms with Gasteiger partial charge in [-0.25, -0.2) is 4.98 Å². The molecular weight excluding hydrogens is 214 g/mol. The number of nitrogens with two attached hydrogens (primary N) is 1. The lowest BCUT2D eigenvalue weighted by atomic mass is 10.2. The summed E-state index contributed by atoms with van der Waals surface area (Å²) in [6.07, 6.45) is 5.45. The van der Waals surface area contributed by atoms with Gasteiger partial charge in [0, 0.05) is 24.3 Å². The van der Waals surface area contributed by atoms with Gasteiger partial charge < -0.3 is 10.5 Å². The zero-order valence-electron chi connectivity index (χ0n) is 10.4. The molecule has 2 N–H and O–H groups in total. The third kappa shape index (κ3) is 3.41. The van der Waals surface area contributed by atoms with Crippen molar-refractivity contribution in [1.82, 2.24) is 9.88 Å². The van der Waals surface area contributed by atoms with Gasteiger partial charge >= 0.3 is 0 Å². The van der Waals surface area contributed by atoms with Crippen LogP contribution in [0.15, 0.2) is 18.3 Å². The lowest BCUT2D eigenvalue weighted by Crippen LogP contribution is -2.28. The van der Waals surface area contributed by atoms with E-state index in [0.29, 0.717) is 0 Å². The standard InChI is InChI=1S/C13H21N3O/c1-17-13-11(4-2-8-15-13)10-16(9-3-7-14)12-5-6-12/h2,4,8,12H,3,5-7,9-10,14H2,1H3. The molecule has 0 unspecified atom stereocenters.